The minimum Gasteiger partial charge on any atom is -0.353 e. The van der Waals surface area contributed by atoms with E-state index in [0.717, 1.165) is 42.8 Å². The van der Waals surface area contributed by atoms with Gasteiger partial charge in [-0.3, -0.25) is 4.79 Å². The molecule has 0 aromatic carbocycles. The monoisotopic (exact) mass is 308 g/mol. The Labute approximate surface area is 131 Å². The fourth-order valence-corrected chi connectivity index (χ4v) is 2.68. The largest absolute Gasteiger partial charge is 0.353 e. The molecule has 1 aliphatic heterocycles. The summed E-state index contributed by atoms with van der Waals surface area (Å²) in [6, 6.07) is 2.09. The Balaban J connectivity index is 2.22. The molecule has 1 aromatic rings. The summed E-state index contributed by atoms with van der Waals surface area (Å²) in [5, 5.41) is 0.812. The van der Waals surface area contributed by atoms with E-state index < -0.39 is 0 Å². The van der Waals surface area contributed by atoms with Crippen LogP contribution in [0.15, 0.2) is 11.2 Å². The van der Waals surface area contributed by atoms with Crippen molar-refractivity contribution in [1.82, 2.24) is 14.9 Å². The molecule has 1 amide bonds. The van der Waals surface area contributed by atoms with E-state index in [1.165, 1.54) is 0 Å². The van der Waals surface area contributed by atoms with Crippen LogP contribution >= 0.6 is 11.8 Å². The van der Waals surface area contributed by atoms with Gasteiger partial charge < -0.3 is 9.80 Å². The lowest BCUT2D eigenvalue weighted by molar-refractivity contribution is -0.129. The second-order valence-electron chi connectivity index (χ2n) is 6.34. The molecule has 1 aliphatic rings. The van der Waals surface area contributed by atoms with Crippen molar-refractivity contribution in [1.29, 1.82) is 0 Å². The van der Waals surface area contributed by atoms with E-state index in [1.807, 2.05) is 11.2 Å². The molecule has 1 fully saturated rings. The van der Waals surface area contributed by atoms with E-state index >= 15 is 0 Å². The number of piperazine rings is 1. The molecule has 6 heteroatoms. The maximum absolute atomic E-state index is 11.4. The SMILES string of the molecule is CSc1nc(N2CCN(C(C)=O)CC2)cc(C(C)(C)C)n1. The van der Waals surface area contributed by atoms with Crippen molar-refractivity contribution >= 4 is 23.5 Å². The van der Waals surface area contributed by atoms with Crippen LogP contribution in [0.1, 0.15) is 33.4 Å². The van der Waals surface area contributed by atoms with Crippen LogP contribution in [0.5, 0.6) is 0 Å². The summed E-state index contributed by atoms with van der Waals surface area (Å²) >= 11 is 1.57. The maximum atomic E-state index is 11.4. The van der Waals surface area contributed by atoms with Gasteiger partial charge >= 0.3 is 0 Å². The standard InChI is InChI=1S/C15H24N4OS/c1-11(20)18-6-8-19(9-7-18)13-10-12(15(2,3)4)16-14(17-13)21-5/h10H,6-9H2,1-5H3. The van der Waals surface area contributed by atoms with Gasteiger partial charge in [0.25, 0.3) is 0 Å². The van der Waals surface area contributed by atoms with Crippen molar-refractivity contribution < 1.29 is 4.79 Å². The molecule has 0 N–H and O–H groups in total. The van der Waals surface area contributed by atoms with Crippen molar-refractivity contribution in [3.63, 3.8) is 0 Å². The number of carbonyl (C=O) groups is 1. The van der Waals surface area contributed by atoms with E-state index in [1.54, 1.807) is 18.7 Å². The Kier molecular flexibility index (Phi) is 4.76. The lowest BCUT2D eigenvalue weighted by atomic mass is 9.92. The van der Waals surface area contributed by atoms with Crippen LogP contribution in [0.25, 0.3) is 0 Å². The summed E-state index contributed by atoms with van der Waals surface area (Å²) in [7, 11) is 0. The highest BCUT2D eigenvalue weighted by molar-refractivity contribution is 7.98. The molecule has 0 bridgehead atoms. The Morgan fingerprint density at radius 3 is 2.29 bits per heavy atom. The molecule has 0 spiro atoms. The van der Waals surface area contributed by atoms with Crippen molar-refractivity contribution in [2.45, 2.75) is 38.3 Å². The number of carbonyl (C=O) groups excluding carboxylic acids is 1. The Morgan fingerprint density at radius 2 is 1.81 bits per heavy atom. The quantitative estimate of drug-likeness (QED) is 0.619. The molecule has 2 rings (SSSR count). The molecule has 5 nitrogen and oxygen atoms in total. The molecule has 0 atom stereocenters. The highest BCUT2D eigenvalue weighted by atomic mass is 32.2. The number of nitrogens with zero attached hydrogens (tertiary/aromatic N) is 4. The summed E-state index contributed by atoms with van der Waals surface area (Å²) in [5.41, 5.74) is 1.06. The number of aromatic nitrogens is 2. The van der Waals surface area contributed by atoms with Crippen LogP contribution in [0.4, 0.5) is 5.82 Å². The van der Waals surface area contributed by atoms with Gasteiger partial charge in [-0.25, -0.2) is 9.97 Å². The predicted octanol–water partition coefficient (Wildman–Crippen LogP) is 2.16. The number of hydrogen-bond donors (Lipinski definition) is 0. The maximum Gasteiger partial charge on any atom is 0.219 e. The van der Waals surface area contributed by atoms with Gasteiger partial charge in [0, 0.05) is 44.6 Å². The number of anilines is 1. The zero-order valence-electron chi connectivity index (χ0n) is 13.5. The molecular formula is C15H24N4OS. The number of thioether (sulfide) groups is 1. The molecule has 2 heterocycles. The minimum absolute atomic E-state index is 0.00335. The fourth-order valence-electron chi connectivity index (χ4n) is 2.30. The Morgan fingerprint density at radius 1 is 1.19 bits per heavy atom. The van der Waals surface area contributed by atoms with Gasteiger partial charge in [0.05, 0.1) is 5.69 Å². The minimum atomic E-state index is 0.00335. The summed E-state index contributed by atoms with van der Waals surface area (Å²) in [6.07, 6.45) is 2.00. The third kappa shape index (κ3) is 3.87. The first-order valence-electron chi connectivity index (χ1n) is 7.25. The second-order valence-corrected chi connectivity index (χ2v) is 7.11. The average Bonchev–Trinajstić information content (AvgIpc) is 2.46. The first-order chi connectivity index (χ1) is 9.81. The van der Waals surface area contributed by atoms with Gasteiger partial charge in [-0.15, -0.1) is 0 Å². The predicted molar refractivity (Wildman–Crippen MR) is 87.0 cm³/mol. The topological polar surface area (TPSA) is 49.3 Å². The van der Waals surface area contributed by atoms with E-state index in [0.29, 0.717) is 0 Å². The van der Waals surface area contributed by atoms with Gasteiger partial charge in [0.2, 0.25) is 5.91 Å². The second kappa shape index (κ2) is 6.22. The lowest BCUT2D eigenvalue weighted by Crippen LogP contribution is -2.48. The summed E-state index contributed by atoms with van der Waals surface area (Å²) in [5.74, 6) is 1.12. The third-order valence-corrected chi connectivity index (χ3v) is 4.24. The van der Waals surface area contributed by atoms with Crippen molar-refractivity contribution in [3.05, 3.63) is 11.8 Å². The van der Waals surface area contributed by atoms with E-state index in [-0.39, 0.29) is 11.3 Å². The number of rotatable bonds is 2. The molecule has 0 radical (unpaired) electrons. The molecule has 1 saturated heterocycles. The highest BCUT2D eigenvalue weighted by Gasteiger charge is 2.23. The van der Waals surface area contributed by atoms with Crippen LogP contribution < -0.4 is 4.90 Å². The fraction of sp³-hybridized carbons (Fsp3) is 0.667. The lowest BCUT2D eigenvalue weighted by Gasteiger charge is -2.35. The van der Waals surface area contributed by atoms with E-state index in [4.69, 9.17) is 0 Å². The van der Waals surface area contributed by atoms with Crippen LogP contribution in [-0.2, 0) is 10.2 Å². The van der Waals surface area contributed by atoms with E-state index in [9.17, 15) is 4.79 Å². The molecule has 0 saturated carbocycles. The van der Waals surface area contributed by atoms with Gasteiger partial charge in [-0.2, -0.15) is 0 Å². The summed E-state index contributed by atoms with van der Waals surface area (Å²) in [4.78, 5) is 24.8. The zero-order chi connectivity index (χ0) is 15.6. The van der Waals surface area contributed by atoms with Crippen LogP contribution in [-0.4, -0.2) is 53.2 Å². The third-order valence-electron chi connectivity index (χ3n) is 3.69. The Hall–Kier alpha value is -1.30. The van der Waals surface area contributed by atoms with E-state index in [2.05, 4.69) is 41.7 Å². The van der Waals surface area contributed by atoms with Crippen LogP contribution in [0, 0.1) is 0 Å². The van der Waals surface area contributed by atoms with Gasteiger partial charge in [-0.1, -0.05) is 32.5 Å². The zero-order valence-corrected chi connectivity index (χ0v) is 14.3. The summed E-state index contributed by atoms with van der Waals surface area (Å²) in [6.45, 7) is 11.3. The van der Waals surface area contributed by atoms with Crippen LogP contribution in [0.3, 0.4) is 0 Å². The number of hydrogen-bond acceptors (Lipinski definition) is 5. The molecule has 1 aromatic heterocycles. The molecule has 0 unspecified atom stereocenters. The smallest absolute Gasteiger partial charge is 0.219 e. The number of amides is 1. The molecular weight excluding hydrogens is 284 g/mol. The Bertz CT molecular complexity index is 519. The van der Waals surface area contributed by atoms with Crippen molar-refractivity contribution in [2.24, 2.45) is 0 Å². The summed E-state index contributed by atoms with van der Waals surface area (Å²) < 4.78 is 0. The normalized spacial score (nSPS) is 16.2. The van der Waals surface area contributed by atoms with Crippen molar-refractivity contribution in [2.75, 3.05) is 37.3 Å². The highest BCUT2D eigenvalue weighted by Crippen LogP contribution is 2.26. The first kappa shape index (κ1) is 16.1. The molecule has 21 heavy (non-hydrogen) atoms. The van der Waals surface area contributed by atoms with Crippen LogP contribution in [0.2, 0.25) is 0 Å². The first-order valence-corrected chi connectivity index (χ1v) is 8.48. The van der Waals surface area contributed by atoms with Gasteiger partial charge in [0.15, 0.2) is 5.16 Å². The van der Waals surface area contributed by atoms with Crippen molar-refractivity contribution in [3.8, 4) is 0 Å². The molecule has 116 valence electrons. The van der Waals surface area contributed by atoms with Gasteiger partial charge in [-0.05, 0) is 6.26 Å². The average molecular weight is 308 g/mol. The van der Waals surface area contributed by atoms with Gasteiger partial charge in [0.1, 0.15) is 5.82 Å². The molecule has 0 aliphatic carbocycles.